The zero-order valence-corrected chi connectivity index (χ0v) is 32.0. The van der Waals surface area contributed by atoms with Gasteiger partial charge in [-0.05, 0) is 86.5 Å². The highest BCUT2D eigenvalue weighted by atomic mass is 16.6. The van der Waals surface area contributed by atoms with Gasteiger partial charge in [0.15, 0.2) is 5.96 Å². The Morgan fingerprint density at radius 3 is 1.64 bits per heavy atom. The van der Waals surface area contributed by atoms with E-state index < -0.39 is 35.8 Å². The molecule has 18 heteroatoms. The van der Waals surface area contributed by atoms with E-state index in [-0.39, 0.29) is 91.7 Å². The molecule has 2 amide bonds. The topological polar surface area (TPSA) is 289 Å². The lowest BCUT2D eigenvalue weighted by atomic mass is 10.1. The van der Waals surface area contributed by atoms with Gasteiger partial charge in [0.2, 0.25) is 5.91 Å². The average molecular weight is 815 g/mol. The number of rotatable bonds is 24. The molecule has 0 spiro atoms. The Hall–Kier alpha value is -7.02. The van der Waals surface area contributed by atoms with E-state index in [1.54, 1.807) is 30.3 Å². The predicted octanol–water partition coefficient (Wildman–Crippen LogP) is 2.93. The van der Waals surface area contributed by atoms with Gasteiger partial charge in [-0.15, -0.1) is 0 Å². The maximum absolute atomic E-state index is 13.2. The van der Waals surface area contributed by atoms with Crippen LogP contribution in [0.3, 0.4) is 0 Å². The van der Waals surface area contributed by atoms with Crippen molar-refractivity contribution in [1.82, 2.24) is 5.32 Å². The minimum absolute atomic E-state index is 0.0132. The van der Waals surface area contributed by atoms with Gasteiger partial charge in [-0.2, -0.15) is 0 Å². The molecule has 0 aromatic heterocycles. The molecule has 18 nitrogen and oxygen atoms in total. The first-order valence-electron chi connectivity index (χ1n) is 18.4. The second-order valence-electron chi connectivity index (χ2n) is 12.5. The maximum atomic E-state index is 13.2. The van der Waals surface area contributed by atoms with Crippen LogP contribution in [0.25, 0.3) is 0 Å². The summed E-state index contributed by atoms with van der Waals surface area (Å²) in [5, 5.41) is 12.2. The molecule has 0 aliphatic heterocycles. The number of hydrogen-bond acceptors (Lipinski definition) is 13. The Balaban J connectivity index is 1.27. The van der Waals surface area contributed by atoms with Crippen LogP contribution in [-0.2, 0) is 14.3 Å². The van der Waals surface area contributed by atoms with Crippen molar-refractivity contribution < 1.29 is 57.5 Å². The van der Waals surface area contributed by atoms with Crippen LogP contribution in [0.1, 0.15) is 60.7 Å². The summed E-state index contributed by atoms with van der Waals surface area (Å²) in [6, 6.07) is 21.4. The van der Waals surface area contributed by atoms with Crippen molar-refractivity contribution in [3.05, 3.63) is 113 Å². The largest absolute Gasteiger partial charge is 0.491 e. The number of esters is 2. The van der Waals surface area contributed by atoms with Crippen molar-refractivity contribution in [2.75, 3.05) is 46.2 Å². The van der Waals surface area contributed by atoms with Gasteiger partial charge in [0, 0.05) is 23.3 Å². The maximum Gasteiger partial charge on any atom is 0.343 e. The number of aliphatic carboxylic acids is 1. The summed E-state index contributed by atoms with van der Waals surface area (Å²) in [5.41, 5.74) is 22.8. The molecule has 1 atom stereocenters. The van der Waals surface area contributed by atoms with Crippen LogP contribution in [-0.4, -0.2) is 93.0 Å². The Bertz CT molecular complexity index is 2080. The monoisotopic (exact) mass is 814 g/mol. The molecule has 0 fully saturated rings. The normalized spacial score (nSPS) is 11.1. The molecule has 312 valence electrons. The van der Waals surface area contributed by atoms with Gasteiger partial charge in [-0.3, -0.25) is 9.59 Å². The number of unbranched alkanes of at least 4 members (excludes halogenated alkanes) is 1. The Labute approximate surface area is 339 Å². The first-order chi connectivity index (χ1) is 28.4. The zero-order chi connectivity index (χ0) is 42.6. The molecule has 0 saturated carbocycles. The first kappa shape index (κ1) is 44.7. The Kier molecular flexibility index (Phi) is 17.6. The summed E-state index contributed by atoms with van der Waals surface area (Å²) in [5.74, 6) is -3.73. The summed E-state index contributed by atoms with van der Waals surface area (Å²) < 4.78 is 33.6. The standard InChI is InChI=1S/C41H46N6O12/c42-13-5-4-8-35(38(50)51)47-37(49)29-22-32(25-34(23-29)59-40(53)27-9-11-30(12-10-27)46-41(44)45)57-19-17-55-15-14-54-16-18-56-31-20-28(36(43)48)21-33(24-31)58-39(52)26-6-2-1-3-7-26/h1-3,6-7,9-12,20-25,35H,4-5,8,13-19,42H2,(H2,43,48)(H,47,49)(H,50,51)(H4,44,45,46)/t35-/m1/s1. The van der Waals surface area contributed by atoms with E-state index in [0.717, 1.165) is 0 Å². The molecule has 4 rings (SSSR count). The quantitative estimate of drug-likeness (QED) is 0.0195. The van der Waals surface area contributed by atoms with E-state index in [0.29, 0.717) is 30.6 Å². The van der Waals surface area contributed by atoms with Crippen LogP contribution in [0.2, 0.25) is 0 Å². The van der Waals surface area contributed by atoms with Crippen molar-refractivity contribution in [2.24, 2.45) is 27.9 Å². The van der Waals surface area contributed by atoms with Gasteiger partial charge in [0.1, 0.15) is 42.3 Å². The van der Waals surface area contributed by atoms with Gasteiger partial charge in [0.25, 0.3) is 5.91 Å². The van der Waals surface area contributed by atoms with Crippen molar-refractivity contribution in [1.29, 1.82) is 0 Å². The second-order valence-corrected chi connectivity index (χ2v) is 12.5. The van der Waals surface area contributed by atoms with Crippen molar-refractivity contribution in [3.8, 4) is 23.0 Å². The van der Waals surface area contributed by atoms with Crippen LogP contribution in [0.4, 0.5) is 5.69 Å². The van der Waals surface area contributed by atoms with Crippen LogP contribution in [0.15, 0.2) is 96.0 Å². The minimum Gasteiger partial charge on any atom is -0.491 e. The van der Waals surface area contributed by atoms with Crippen molar-refractivity contribution >= 4 is 41.4 Å². The van der Waals surface area contributed by atoms with Crippen LogP contribution in [0, 0.1) is 0 Å². The fourth-order valence-corrected chi connectivity index (χ4v) is 5.18. The Morgan fingerprint density at radius 1 is 0.610 bits per heavy atom. The van der Waals surface area contributed by atoms with Crippen molar-refractivity contribution in [3.63, 3.8) is 0 Å². The molecule has 4 aromatic carbocycles. The highest BCUT2D eigenvalue weighted by Crippen LogP contribution is 2.26. The lowest BCUT2D eigenvalue weighted by molar-refractivity contribution is -0.139. The number of benzene rings is 4. The number of carboxylic acids is 1. The molecule has 0 aliphatic carbocycles. The second kappa shape index (κ2) is 23.3. The predicted molar refractivity (Wildman–Crippen MR) is 214 cm³/mol. The number of nitrogens with zero attached hydrogens (tertiary/aromatic N) is 1. The molecule has 0 bridgehead atoms. The van der Waals surface area contributed by atoms with Crippen LogP contribution in [0.5, 0.6) is 23.0 Å². The van der Waals surface area contributed by atoms with E-state index in [2.05, 4.69) is 10.3 Å². The number of ether oxygens (including phenoxy) is 6. The number of carbonyl (C=O) groups excluding carboxylic acids is 4. The van der Waals surface area contributed by atoms with Gasteiger partial charge in [-0.25, -0.2) is 19.4 Å². The molecule has 4 aromatic rings. The average Bonchev–Trinajstić information content (AvgIpc) is 3.21. The molecule has 59 heavy (non-hydrogen) atoms. The third kappa shape index (κ3) is 15.4. The van der Waals surface area contributed by atoms with Gasteiger partial charge in [0.05, 0.1) is 43.2 Å². The lowest BCUT2D eigenvalue weighted by Crippen LogP contribution is -2.40. The van der Waals surface area contributed by atoms with Crippen LogP contribution >= 0.6 is 0 Å². The summed E-state index contributed by atoms with van der Waals surface area (Å²) in [6.07, 6.45) is 1.25. The fraction of sp³-hybridized carbons (Fsp3) is 0.268. The zero-order valence-electron chi connectivity index (χ0n) is 32.0. The molecule has 0 radical (unpaired) electrons. The summed E-state index contributed by atoms with van der Waals surface area (Å²) in [4.78, 5) is 66.3. The SMILES string of the molecule is NCCCC[C@@H](NC(=O)c1cc(OCCOCCOCCOc2cc(OC(=O)c3ccccc3)cc(C(N)=O)c2)cc(OC(=O)c2ccc(N=C(N)N)cc2)c1)C(=O)O. The summed E-state index contributed by atoms with van der Waals surface area (Å²) >= 11 is 0. The highest BCUT2D eigenvalue weighted by Gasteiger charge is 2.22. The Morgan fingerprint density at radius 2 is 1.12 bits per heavy atom. The first-order valence-corrected chi connectivity index (χ1v) is 18.4. The van der Waals surface area contributed by atoms with E-state index in [1.807, 2.05) is 0 Å². The number of nitrogens with two attached hydrogens (primary N) is 4. The lowest BCUT2D eigenvalue weighted by Gasteiger charge is -2.16. The third-order valence-corrected chi connectivity index (χ3v) is 8.01. The number of guanidine groups is 1. The summed E-state index contributed by atoms with van der Waals surface area (Å²) in [7, 11) is 0. The number of primary amides is 1. The smallest absolute Gasteiger partial charge is 0.343 e. The number of carbonyl (C=O) groups is 5. The number of aliphatic imine (C=N–C) groups is 1. The molecule has 0 saturated heterocycles. The van der Waals surface area contributed by atoms with E-state index in [1.165, 1.54) is 60.7 Å². The molecular weight excluding hydrogens is 768 g/mol. The highest BCUT2D eigenvalue weighted by molar-refractivity contribution is 5.98. The van der Waals surface area contributed by atoms with Gasteiger partial charge in [-0.1, -0.05) is 18.2 Å². The number of hydrogen-bond donors (Lipinski definition) is 6. The van der Waals surface area contributed by atoms with Gasteiger partial charge < -0.3 is 61.8 Å². The molecular formula is C41H46N6O12. The van der Waals surface area contributed by atoms with Crippen LogP contribution < -0.4 is 47.2 Å². The minimum atomic E-state index is -1.21. The molecule has 0 unspecified atom stereocenters. The van der Waals surface area contributed by atoms with E-state index in [4.69, 9.17) is 51.4 Å². The third-order valence-electron chi connectivity index (χ3n) is 8.01. The number of amides is 2. The molecule has 10 N–H and O–H groups in total. The molecule has 0 heterocycles. The van der Waals surface area contributed by atoms with E-state index in [9.17, 15) is 29.1 Å². The van der Waals surface area contributed by atoms with Crippen molar-refractivity contribution in [2.45, 2.75) is 25.3 Å². The van der Waals surface area contributed by atoms with Gasteiger partial charge >= 0.3 is 17.9 Å². The fourth-order valence-electron chi connectivity index (χ4n) is 5.18. The number of carboxylic acid groups (broad SMARTS) is 1. The summed E-state index contributed by atoms with van der Waals surface area (Å²) in [6.45, 7) is 1.16. The number of nitrogens with one attached hydrogen (secondary N) is 1. The molecule has 0 aliphatic rings. The van der Waals surface area contributed by atoms with E-state index >= 15 is 0 Å².